The molecule has 0 radical (unpaired) electrons. The van der Waals surface area contributed by atoms with Crippen LogP contribution in [0.15, 0.2) is 18.2 Å². The molecule has 1 saturated carbocycles. The second-order valence-electron chi connectivity index (χ2n) is 6.48. The first kappa shape index (κ1) is 18.0. The number of urea groups is 1. The van der Waals surface area contributed by atoms with Crippen molar-refractivity contribution < 1.29 is 23.9 Å². The molecule has 0 spiro atoms. The van der Waals surface area contributed by atoms with Crippen LogP contribution >= 0.6 is 0 Å². The van der Waals surface area contributed by atoms with Crippen LogP contribution in [0.5, 0.6) is 11.5 Å². The maximum absolute atomic E-state index is 12.4. The number of methoxy groups -OCH3 is 2. The highest BCUT2D eigenvalue weighted by molar-refractivity contribution is 6.05. The Morgan fingerprint density at radius 3 is 2.62 bits per heavy atom. The maximum atomic E-state index is 12.4. The Labute approximate surface area is 151 Å². The Balaban J connectivity index is 1.56. The van der Waals surface area contributed by atoms with E-state index in [1.54, 1.807) is 20.3 Å². The molecule has 1 saturated heterocycles. The van der Waals surface area contributed by atoms with Crippen LogP contribution in [0, 0.1) is 0 Å². The highest BCUT2D eigenvalue weighted by atomic mass is 16.5. The van der Waals surface area contributed by atoms with Gasteiger partial charge < -0.3 is 20.1 Å². The largest absolute Gasteiger partial charge is 0.493 e. The zero-order valence-corrected chi connectivity index (χ0v) is 14.9. The summed E-state index contributed by atoms with van der Waals surface area (Å²) >= 11 is 0. The van der Waals surface area contributed by atoms with E-state index in [1.165, 1.54) is 0 Å². The molecular weight excluding hydrogens is 338 g/mol. The zero-order valence-electron chi connectivity index (χ0n) is 14.9. The Bertz CT molecular complexity index is 717. The molecule has 26 heavy (non-hydrogen) atoms. The maximum Gasteiger partial charge on any atom is 0.324 e. The first-order chi connectivity index (χ1) is 12.5. The first-order valence-electron chi connectivity index (χ1n) is 8.64. The van der Waals surface area contributed by atoms with E-state index in [2.05, 4.69) is 10.6 Å². The molecule has 8 nitrogen and oxygen atoms in total. The predicted molar refractivity (Wildman–Crippen MR) is 93.1 cm³/mol. The molecule has 1 unspecified atom stereocenters. The van der Waals surface area contributed by atoms with E-state index in [0.717, 1.165) is 23.3 Å². The molecule has 2 aliphatic rings. The van der Waals surface area contributed by atoms with Gasteiger partial charge in [0.15, 0.2) is 11.5 Å². The lowest BCUT2D eigenvalue weighted by atomic mass is 10.1. The minimum atomic E-state index is -0.786. The lowest BCUT2D eigenvalue weighted by molar-refractivity contribution is -0.130. The molecular formula is C18H23N3O5. The highest BCUT2D eigenvalue weighted by Gasteiger charge is 2.39. The average Bonchev–Trinajstić information content (AvgIpc) is 3.40. The van der Waals surface area contributed by atoms with Gasteiger partial charge in [-0.15, -0.1) is 0 Å². The molecule has 1 aliphatic carbocycles. The van der Waals surface area contributed by atoms with Crippen LogP contribution in [0.25, 0.3) is 0 Å². The van der Waals surface area contributed by atoms with Gasteiger partial charge in [-0.1, -0.05) is 6.07 Å². The smallest absolute Gasteiger partial charge is 0.324 e. The topological polar surface area (TPSA) is 97.0 Å². The van der Waals surface area contributed by atoms with E-state index in [-0.39, 0.29) is 30.8 Å². The number of ether oxygens (including phenoxy) is 2. The predicted octanol–water partition coefficient (Wildman–Crippen LogP) is 0.835. The fourth-order valence-corrected chi connectivity index (χ4v) is 2.90. The van der Waals surface area contributed by atoms with Crippen molar-refractivity contribution in [3.05, 3.63) is 23.8 Å². The summed E-state index contributed by atoms with van der Waals surface area (Å²) in [4.78, 5) is 37.5. The second-order valence-corrected chi connectivity index (χ2v) is 6.48. The van der Waals surface area contributed by atoms with E-state index in [4.69, 9.17) is 9.47 Å². The third-order valence-electron chi connectivity index (χ3n) is 4.51. The van der Waals surface area contributed by atoms with E-state index >= 15 is 0 Å². The minimum absolute atomic E-state index is 0.0199. The van der Waals surface area contributed by atoms with Crippen LogP contribution in [-0.4, -0.2) is 55.6 Å². The van der Waals surface area contributed by atoms with Crippen molar-refractivity contribution in [3.8, 4) is 11.5 Å². The number of benzene rings is 1. The molecule has 1 aliphatic heterocycles. The van der Waals surface area contributed by atoms with Crippen LogP contribution in [0.3, 0.4) is 0 Å². The lowest BCUT2D eigenvalue weighted by Gasteiger charge is -2.14. The number of rotatable bonds is 8. The van der Waals surface area contributed by atoms with Gasteiger partial charge in [-0.3, -0.25) is 14.5 Å². The number of hydrogen-bond donors (Lipinski definition) is 2. The van der Waals surface area contributed by atoms with Crippen molar-refractivity contribution >= 4 is 17.8 Å². The lowest BCUT2D eigenvalue weighted by Crippen LogP contribution is -2.37. The molecule has 1 atom stereocenters. The molecule has 3 rings (SSSR count). The number of amides is 4. The standard InChI is InChI=1S/C18H23N3O5/c1-25-14-6-3-11(9-15(14)26-2)7-8-21-17(23)13(20-18(21)24)10-16(22)19-12-4-5-12/h3,6,9,12-13H,4-5,7-8,10H2,1-2H3,(H,19,22)(H,20,24). The Kier molecular flexibility index (Phi) is 5.29. The van der Waals surface area contributed by atoms with Gasteiger partial charge in [0.1, 0.15) is 6.04 Å². The Morgan fingerprint density at radius 1 is 1.23 bits per heavy atom. The van der Waals surface area contributed by atoms with Crippen LogP contribution in [0.2, 0.25) is 0 Å². The summed E-state index contributed by atoms with van der Waals surface area (Å²) < 4.78 is 10.5. The SMILES string of the molecule is COc1ccc(CCN2C(=O)NC(CC(=O)NC3CC3)C2=O)cc1OC. The number of imide groups is 1. The quantitative estimate of drug-likeness (QED) is 0.669. The average molecular weight is 361 g/mol. The van der Waals surface area contributed by atoms with Gasteiger partial charge in [-0.05, 0) is 37.0 Å². The summed E-state index contributed by atoms with van der Waals surface area (Å²) in [5.41, 5.74) is 0.915. The van der Waals surface area contributed by atoms with Crippen LogP contribution in [-0.2, 0) is 16.0 Å². The molecule has 0 bridgehead atoms. The van der Waals surface area contributed by atoms with Gasteiger partial charge in [0.25, 0.3) is 5.91 Å². The van der Waals surface area contributed by atoms with Gasteiger partial charge in [0.2, 0.25) is 5.91 Å². The molecule has 4 amide bonds. The number of hydrogen-bond acceptors (Lipinski definition) is 5. The molecule has 1 aromatic rings. The van der Waals surface area contributed by atoms with Crippen LogP contribution in [0.4, 0.5) is 4.79 Å². The second kappa shape index (κ2) is 7.63. The Morgan fingerprint density at radius 2 is 1.96 bits per heavy atom. The fourth-order valence-electron chi connectivity index (χ4n) is 2.90. The normalized spacial score (nSPS) is 19.3. The van der Waals surface area contributed by atoms with Gasteiger partial charge in [-0.2, -0.15) is 0 Å². The zero-order chi connectivity index (χ0) is 18.7. The van der Waals surface area contributed by atoms with E-state index in [1.807, 2.05) is 12.1 Å². The third-order valence-corrected chi connectivity index (χ3v) is 4.51. The van der Waals surface area contributed by atoms with Gasteiger partial charge >= 0.3 is 6.03 Å². The number of nitrogens with one attached hydrogen (secondary N) is 2. The Hall–Kier alpha value is -2.77. The van der Waals surface area contributed by atoms with Crippen molar-refractivity contribution in [2.45, 2.75) is 37.8 Å². The molecule has 8 heteroatoms. The first-order valence-corrected chi connectivity index (χ1v) is 8.64. The molecule has 1 heterocycles. The van der Waals surface area contributed by atoms with E-state index in [0.29, 0.717) is 17.9 Å². The van der Waals surface area contributed by atoms with Crippen molar-refractivity contribution in [1.29, 1.82) is 0 Å². The van der Waals surface area contributed by atoms with Crippen molar-refractivity contribution in [1.82, 2.24) is 15.5 Å². The molecule has 1 aromatic carbocycles. The fraction of sp³-hybridized carbons (Fsp3) is 0.500. The number of nitrogens with zero attached hydrogens (tertiary/aromatic N) is 1. The molecule has 140 valence electrons. The summed E-state index contributed by atoms with van der Waals surface area (Å²) in [7, 11) is 3.11. The van der Waals surface area contributed by atoms with Crippen LogP contribution in [0.1, 0.15) is 24.8 Å². The monoisotopic (exact) mass is 361 g/mol. The number of carbonyl (C=O) groups excluding carboxylic acids is 3. The summed E-state index contributed by atoms with van der Waals surface area (Å²) in [6, 6.07) is 4.45. The summed E-state index contributed by atoms with van der Waals surface area (Å²) in [6.45, 7) is 0.237. The molecule has 0 aromatic heterocycles. The van der Waals surface area contributed by atoms with E-state index < -0.39 is 12.1 Å². The van der Waals surface area contributed by atoms with E-state index in [9.17, 15) is 14.4 Å². The molecule has 2 fully saturated rings. The summed E-state index contributed by atoms with van der Waals surface area (Å²) in [6.07, 6.45) is 2.43. The van der Waals surface area contributed by atoms with Crippen molar-refractivity contribution in [3.63, 3.8) is 0 Å². The van der Waals surface area contributed by atoms with Gasteiger partial charge in [-0.25, -0.2) is 4.79 Å². The van der Waals surface area contributed by atoms with Crippen molar-refractivity contribution in [2.24, 2.45) is 0 Å². The van der Waals surface area contributed by atoms with Gasteiger partial charge in [0.05, 0.1) is 20.6 Å². The number of carbonyl (C=O) groups is 3. The minimum Gasteiger partial charge on any atom is -0.493 e. The third kappa shape index (κ3) is 4.07. The van der Waals surface area contributed by atoms with Crippen LogP contribution < -0.4 is 20.1 Å². The highest BCUT2D eigenvalue weighted by Crippen LogP contribution is 2.28. The van der Waals surface area contributed by atoms with Gasteiger partial charge in [0, 0.05) is 12.6 Å². The molecule has 2 N–H and O–H groups in total. The van der Waals surface area contributed by atoms with Crippen molar-refractivity contribution in [2.75, 3.05) is 20.8 Å². The summed E-state index contributed by atoms with van der Waals surface area (Å²) in [5, 5.41) is 5.41. The summed E-state index contributed by atoms with van der Waals surface area (Å²) in [5.74, 6) is 0.652.